The number of rotatable bonds is 5. The quantitative estimate of drug-likeness (QED) is 0.340. The Morgan fingerprint density at radius 2 is 1.73 bits per heavy atom. The number of carbonyl (C=O) groups is 1. The van der Waals surface area contributed by atoms with Gasteiger partial charge in [0.2, 0.25) is 5.91 Å². The van der Waals surface area contributed by atoms with Crippen LogP contribution in [0.15, 0.2) is 42.5 Å². The van der Waals surface area contributed by atoms with Crippen molar-refractivity contribution in [3.8, 4) is 0 Å². The van der Waals surface area contributed by atoms with Gasteiger partial charge < -0.3 is 14.8 Å². The van der Waals surface area contributed by atoms with Gasteiger partial charge in [-0.2, -0.15) is 0 Å². The van der Waals surface area contributed by atoms with Crippen LogP contribution in [0, 0.1) is 19.8 Å². The monoisotopic (exact) mass is 537 g/mol. The van der Waals surface area contributed by atoms with Crippen molar-refractivity contribution in [2.24, 2.45) is 5.92 Å². The van der Waals surface area contributed by atoms with Gasteiger partial charge in [-0.05, 0) is 106 Å². The molecule has 6 heteroatoms. The molecule has 4 nitrogen and oxygen atoms in total. The normalized spacial score (nSPS) is 19.2. The number of hydrogen-bond donors (Lipinski definition) is 1. The van der Waals surface area contributed by atoms with E-state index in [1.165, 1.54) is 40.6 Å². The number of amides is 1. The average Bonchev–Trinajstić information content (AvgIpc) is 3.26. The van der Waals surface area contributed by atoms with Gasteiger partial charge >= 0.3 is 0 Å². The van der Waals surface area contributed by atoms with Crippen LogP contribution < -0.4 is 0 Å². The molecule has 0 saturated carbocycles. The molecule has 0 radical (unpaired) electrons. The first-order valence-corrected chi connectivity index (χ1v) is 14.3. The SMILES string of the molecule is Cc1[nH]c2c(C)cccc2c1C1CCN(C(C)C2CCN(C(=O)C=Cc3ccc(Cl)c(Cl)c3)CC2)CC1. The maximum absolute atomic E-state index is 12.8. The smallest absolute Gasteiger partial charge is 0.246 e. The van der Waals surface area contributed by atoms with Crippen molar-refractivity contribution in [1.82, 2.24) is 14.8 Å². The summed E-state index contributed by atoms with van der Waals surface area (Å²) in [6, 6.07) is 12.6. The van der Waals surface area contributed by atoms with Crippen LogP contribution in [0.1, 0.15) is 60.9 Å². The number of hydrogen-bond acceptors (Lipinski definition) is 2. The van der Waals surface area contributed by atoms with Crippen LogP contribution in [0.3, 0.4) is 0 Å². The number of nitrogens with zero attached hydrogens (tertiary/aromatic N) is 2. The Kier molecular flexibility index (Phi) is 7.99. The average molecular weight is 539 g/mol. The zero-order chi connectivity index (χ0) is 26.1. The van der Waals surface area contributed by atoms with E-state index >= 15 is 0 Å². The number of aromatic amines is 1. The molecule has 37 heavy (non-hydrogen) atoms. The molecule has 2 aliphatic heterocycles. The van der Waals surface area contributed by atoms with Gasteiger partial charge in [0, 0.05) is 41.8 Å². The number of para-hydroxylation sites is 1. The molecule has 5 rings (SSSR count). The van der Waals surface area contributed by atoms with Crippen molar-refractivity contribution in [2.45, 2.75) is 58.4 Å². The van der Waals surface area contributed by atoms with Crippen LogP contribution >= 0.6 is 23.2 Å². The standard InChI is InChI=1S/C31H37Cl2N3O/c1-20-5-4-6-26-30(21(2)34-31(20)26)25-13-15-35(16-14-25)22(3)24-11-17-36(18-12-24)29(37)10-8-23-7-9-27(32)28(33)19-23/h4-10,19,22,24-25,34H,11-18H2,1-3H3. The Labute approximate surface area is 230 Å². The van der Waals surface area contributed by atoms with Gasteiger partial charge in [0.1, 0.15) is 0 Å². The second-order valence-corrected chi connectivity index (χ2v) is 11.7. The van der Waals surface area contributed by atoms with Crippen molar-refractivity contribution >= 4 is 46.1 Å². The number of nitrogens with one attached hydrogen (secondary N) is 1. The fourth-order valence-corrected chi connectivity index (χ4v) is 6.73. The summed E-state index contributed by atoms with van der Waals surface area (Å²) in [5.41, 5.74) is 6.38. The fraction of sp³-hybridized carbons (Fsp3) is 0.452. The van der Waals surface area contributed by atoms with Crippen LogP contribution in [-0.2, 0) is 4.79 Å². The van der Waals surface area contributed by atoms with E-state index in [1.54, 1.807) is 18.2 Å². The molecule has 2 aromatic carbocycles. The molecule has 3 aromatic rings. The predicted octanol–water partition coefficient (Wildman–Crippen LogP) is 7.61. The predicted molar refractivity (Wildman–Crippen MR) is 156 cm³/mol. The van der Waals surface area contributed by atoms with Crippen LogP contribution in [0.4, 0.5) is 0 Å². The molecular weight excluding hydrogens is 501 g/mol. The summed E-state index contributed by atoms with van der Waals surface area (Å²) in [6.45, 7) is 10.8. The number of benzene rings is 2. The van der Waals surface area contributed by atoms with E-state index < -0.39 is 0 Å². The molecule has 2 fully saturated rings. The van der Waals surface area contributed by atoms with Gasteiger partial charge in [-0.1, -0.05) is 47.5 Å². The van der Waals surface area contributed by atoms with Gasteiger partial charge in [-0.15, -0.1) is 0 Å². The number of aryl methyl sites for hydroxylation is 2. The van der Waals surface area contributed by atoms with Gasteiger partial charge in [-0.3, -0.25) is 4.79 Å². The molecule has 1 amide bonds. The van der Waals surface area contributed by atoms with E-state index in [-0.39, 0.29) is 5.91 Å². The molecule has 1 unspecified atom stereocenters. The number of H-pyrrole nitrogens is 1. The van der Waals surface area contributed by atoms with Crippen LogP contribution in [0.5, 0.6) is 0 Å². The lowest BCUT2D eigenvalue weighted by atomic mass is 9.84. The summed E-state index contributed by atoms with van der Waals surface area (Å²) in [5, 5.41) is 2.43. The highest BCUT2D eigenvalue weighted by Crippen LogP contribution is 2.38. The molecule has 196 valence electrons. The molecule has 1 aromatic heterocycles. The zero-order valence-electron chi connectivity index (χ0n) is 22.1. The Balaban J connectivity index is 1.13. The molecule has 2 aliphatic rings. The zero-order valence-corrected chi connectivity index (χ0v) is 23.6. The van der Waals surface area contributed by atoms with Crippen molar-refractivity contribution in [1.29, 1.82) is 0 Å². The number of likely N-dealkylation sites (tertiary alicyclic amines) is 2. The summed E-state index contributed by atoms with van der Waals surface area (Å²) >= 11 is 12.1. The lowest BCUT2D eigenvalue weighted by Crippen LogP contribution is -2.47. The van der Waals surface area contributed by atoms with Gasteiger partial charge in [0.15, 0.2) is 0 Å². The summed E-state index contributed by atoms with van der Waals surface area (Å²) in [5.74, 6) is 1.33. The number of fused-ring (bicyclic) bond motifs is 1. The number of halogens is 2. The first-order chi connectivity index (χ1) is 17.8. The maximum atomic E-state index is 12.8. The lowest BCUT2D eigenvalue weighted by molar-refractivity contribution is -0.127. The van der Waals surface area contributed by atoms with Crippen LogP contribution in [-0.4, -0.2) is 52.9 Å². The molecule has 3 heterocycles. The summed E-state index contributed by atoms with van der Waals surface area (Å²) in [7, 11) is 0. The maximum Gasteiger partial charge on any atom is 0.246 e. The highest BCUT2D eigenvalue weighted by molar-refractivity contribution is 6.42. The Hall–Kier alpha value is -2.27. The topological polar surface area (TPSA) is 39.3 Å². The minimum absolute atomic E-state index is 0.0716. The Morgan fingerprint density at radius 1 is 1.00 bits per heavy atom. The third-order valence-electron chi connectivity index (χ3n) is 8.69. The lowest BCUT2D eigenvalue weighted by Gasteiger charge is -2.42. The van der Waals surface area contributed by atoms with Gasteiger partial charge in [-0.25, -0.2) is 0 Å². The van der Waals surface area contributed by atoms with E-state index in [0.29, 0.717) is 27.9 Å². The van der Waals surface area contributed by atoms with Crippen molar-refractivity contribution < 1.29 is 4.79 Å². The largest absolute Gasteiger partial charge is 0.358 e. The van der Waals surface area contributed by atoms with E-state index in [4.69, 9.17) is 23.2 Å². The highest BCUT2D eigenvalue weighted by atomic mass is 35.5. The molecular formula is C31H37Cl2N3O. The van der Waals surface area contributed by atoms with E-state index in [0.717, 1.165) is 44.6 Å². The van der Waals surface area contributed by atoms with Crippen molar-refractivity contribution in [2.75, 3.05) is 26.2 Å². The second-order valence-electron chi connectivity index (χ2n) is 10.9. The van der Waals surface area contributed by atoms with Crippen molar-refractivity contribution in [3.63, 3.8) is 0 Å². The van der Waals surface area contributed by atoms with Crippen molar-refractivity contribution in [3.05, 3.63) is 74.9 Å². The summed E-state index contributed by atoms with van der Waals surface area (Å²) in [4.78, 5) is 21.1. The third-order valence-corrected chi connectivity index (χ3v) is 9.43. The second kappa shape index (κ2) is 11.2. The van der Waals surface area contributed by atoms with Gasteiger partial charge in [0.25, 0.3) is 0 Å². The van der Waals surface area contributed by atoms with E-state index in [9.17, 15) is 4.79 Å². The Morgan fingerprint density at radius 3 is 2.43 bits per heavy atom. The number of aromatic nitrogens is 1. The first kappa shape index (κ1) is 26.3. The first-order valence-electron chi connectivity index (χ1n) is 13.6. The molecule has 0 aliphatic carbocycles. The highest BCUT2D eigenvalue weighted by Gasteiger charge is 2.32. The Bertz CT molecular complexity index is 1300. The molecule has 1 N–H and O–H groups in total. The fourth-order valence-electron chi connectivity index (χ4n) is 6.43. The summed E-state index contributed by atoms with van der Waals surface area (Å²) in [6.07, 6.45) is 8.02. The minimum atomic E-state index is 0.0716. The minimum Gasteiger partial charge on any atom is -0.358 e. The summed E-state index contributed by atoms with van der Waals surface area (Å²) < 4.78 is 0. The molecule has 2 saturated heterocycles. The van der Waals surface area contributed by atoms with Crippen LogP contribution in [0.2, 0.25) is 10.0 Å². The van der Waals surface area contributed by atoms with Crippen LogP contribution in [0.25, 0.3) is 17.0 Å². The molecule has 1 atom stereocenters. The van der Waals surface area contributed by atoms with E-state index in [2.05, 4.69) is 48.9 Å². The van der Waals surface area contributed by atoms with Gasteiger partial charge in [0.05, 0.1) is 10.0 Å². The van der Waals surface area contributed by atoms with E-state index in [1.807, 2.05) is 17.0 Å². The number of piperidine rings is 2. The molecule has 0 bridgehead atoms. The molecule has 0 spiro atoms. The number of carbonyl (C=O) groups excluding carboxylic acids is 1. The third kappa shape index (κ3) is 5.62.